The average Bonchev–Trinajstić information content (AvgIpc) is 3.06. The number of carbonyl (C=O) groups excluding carboxylic acids is 1. The third-order valence-corrected chi connectivity index (χ3v) is 4.95. The highest BCUT2D eigenvalue weighted by Crippen LogP contribution is 2.36. The Morgan fingerprint density at radius 1 is 1.36 bits per heavy atom. The quantitative estimate of drug-likeness (QED) is 0.867. The molecule has 134 valence electrons. The molecule has 3 heterocycles. The summed E-state index contributed by atoms with van der Waals surface area (Å²) in [6.45, 7) is 5.67. The second-order valence-corrected chi connectivity index (χ2v) is 6.63. The van der Waals surface area contributed by atoms with Crippen molar-refractivity contribution in [1.82, 2.24) is 30.0 Å². The number of nitrogens with one attached hydrogen (secondary N) is 1. The molecule has 1 amide bonds. The van der Waals surface area contributed by atoms with Crippen LogP contribution in [0.3, 0.4) is 0 Å². The third kappa shape index (κ3) is 3.87. The third-order valence-electron chi connectivity index (χ3n) is 4.95. The number of likely N-dealkylation sites (tertiary alicyclic amines) is 1. The first-order chi connectivity index (χ1) is 12.1. The first-order valence-electron chi connectivity index (χ1n) is 8.87. The molecule has 1 aliphatic rings. The maximum Gasteiger partial charge on any atom is 0.223 e. The van der Waals surface area contributed by atoms with Gasteiger partial charge in [-0.15, -0.1) is 0 Å². The van der Waals surface area contributed by atoms with Crippen LogP contribution < -0.4 is 5.32 Å². The number of carbonyl (C=O) groups is 1. The van der Waals surface area contributed by atoms with Gasteiger partial charge in [0.25, 0.3) is 0 Å². The largest absolute Gasteiger partial charge is 0.335 e. The molecule has 0 spiro atoms. The zero-order valence-electron chi connectivity index (χ0n) is 15.1. The molecule has 0 aliphatic carbocycles. The van der Waals surface area contributed by atoms with Gasteiger partial charge in [-0.1, -0.05) is 0 Å². The van der Waals surface area contributed by atoms with Crippen LogP contribution in [-0.2, 0) is 11.8 Å². The van der Waals surface area contributed by atoms with Gasteiger partial charge in [0.15, 0.2) is 0 Å². The first-order valence-corrected chi connectivity index (χ1v) is 8.87. The van der Waals surface area contributed by atoms with Gasteiger partial charge in [0.05, 0.1) is 17.9 Å². The minimum absolute atomic E-state index is 0.0708. The van der Waals surface area contributed by atoms with Gasteiger partial charge in [0.1, 0.15) is 0 Å². The smallest absolute Gasteiger partial charge is 0.223 e. The van der Waals surface area contributed by atoms with Gasteiger partial charge >= 0.3 is 0 Å². The van der Waals surface area contributed by atoms with E-state index in [1.807, 2.05) is 31.3 Å². The van der Waals surface area contributed by atoms with E-state index in [-0.39, 0.29) is 18.0 Å². The van der Waals surface area contributed by atoms with Crippen LogP contribution in [0, 0.1) is 5.92 Å². The Balaban J connectivity index is 1.74. The van der Waals surface area contributed by atoms with Crippen LogP contribution in [0.15, 0.2) is 31.0 Å². The van der Waals surface area contributed by atoms with E-state index in [9.17, 15) is 4.79 Å². The molecule has 3 rings (SSSR count). The molecule has 1 saturated heterocycles. The fraction of sp³-hybridized carbons (Fsp3) is 0.556. The van der Waals surface area contributed by atoms with E-state index in [1.54, 1.807) is 23.3 Å². The summed E-state index contributed by atoms with van der Waals surface area (Å²) in [5.41, 5.74) is 2.04. The van der Waals surface area contributed by atoms with Gasteiger partial charge in [-0.3, -0.25) is 19.4 Å². The topological polar surface area (TPSA) is 75.9 Å². The lowest BCUT2D eigenvalue weighted by molar-refractivity contribution is -0.138. The SMILES string of the molecule is CCN1C(=O)CC[C@H](CNC(C)c2cnccn2)[C@H]1c1cnn(C)c1. The molecule has 2 aromatic heterocycles. The van der Waals surface area contributed by atoms with Crippen molar-refractivity contribution in [3.8, 4) is 0 Å². The van der Waals surface area contributed by atoms with Crippen LogP contribution >= 0.6 is 0 Å². The maximum atomic E-state index is 12.4. The van der Waals surface area contributed by atoms with E-state index in [4.69, 9.17) is 0 Å². The summed E-state index contributed by atoms with van der Waals surface area (Å²) in [6.07, 6.45) is 10.6. The Kier molecular flexibility index (Phi) is 5.43. The van der Waals surface area contributed by atoms with Crippen LogP contribution in [-0.4, -0.2) is 43.6 Å². The molecule has 1 aliphatic heterocycles. The van der Waals surface area contributed by atoms with Crippen LogP contribution in [0.25, 0.3) is 0 Å². The zero-order valence-corrected chi connectivity index (χ0v) is 15.1. The number of nitrogens with zero attached hydrogens (tertiary/aromatic N) is 5. The lowest BCUT2D eigenvalue weighted by Crippen LogP contribution is -2.45. The van der Waals surface area contributed by atoms with E-state index in [1.165, 1.54) is 0 Å². The van der Waals surface area contributed by atoms with Gasteiger partial charge in [-0.2, -0.15) is 5.10 Å². The molecule has 0 saturated carbocycles. The van der Waals surface area contributed by atoms with Crippen LogP contribution in [0.5, 0.6) is 0 Å². The lowest BCUT2D eigenvalue weighted by atomic mass is 9.85. The fourth-order valence-electron chi connectivity index (χ4n) is 3.62. The van der Waals surface area contributed by atoms with Crippen molar-refractivity contribution in [2.24, 2.45) is 13.0 Å². The summed E-state index contributed by atoms with van der Waals surface area (Å²) in [6, 6.07) is 0.192. The predicted octanol–water partition coefficient (Wildman–Crippen LogP) is 1.86. The molecule has 0 bridgehead atoms. The molecule has 7 nitrogen and oxygen atoms in total. The van der Waals surface area contributed by atoms with Crippen molar-refractivity contribution >= 4 is 5.91 Å². The van der Waals surface area contributed by atoms with E-state index >= 15 is 0 Å². The number of aromatic nitrogens is 4. The fourth-order valence-corrected chi connectivity index (χ4v) is 3.62. The maximum absolute atomic E-state index is 12.4. The van der Waals surface area contributed by atoms with Crippen molar-refractivity contribution < 1.29 is 4.79 Å². The minimum Gasteiger partial charge on any atom is -0.335 e. The van der Waals surface area contributed by atoms with Crippen molar-refractivity contribution in [3.63, 3.8) is 0 Å². The van der Waals surface area contributed by atoms with E-state index in [2.05, 4.69) is 27.3 Å². The standard InChI is InChI=1S/C18H26N6O/c1-4-24-17(25)6-5-14(18(24)15-10-22-23(3)12-15)9-21-13(2)16-11-19-7-8-20-16/h7-8,10-14,18,21H,4-6,9H2,1-3H3/t13?,14-,18+/m1/s1. The Bertz CT molecular complexity index is 701. The summed E-state index contributed by atoms with van der Waals surface area (Å²) >= 11 is 0. The van der Waals surface area contributed by atoms with E-state index in [0.29, 0.717) is 18.9 Å². The summed E-state index contributed by atoms with van der Waals surface area (Å²) in [5.74, 6) is 0.579. The molecule has 1 fully saturated rings. The number of amides is 1. The molecule has 7 heteroatoms. The summed E-state index contributed by atoms with van der Waals surface area (Å²) in [7, 11) is 1.91. The Hall–Kier alpha value is -2.28. The molecule has 1 unspecified atom stereocenters. The van der Waals surface area contributed by atoms with Crippen molar-refractivity contribution in [3.05, 3.63) is 42.2 Å². The van der Waals surface area contributed by atoms with Gasteiger partial charge in [0.2, 0.25) is 5.91 Å². The molecular weight excluding hydrogens is 316 g/mol. The highest BCUT2D eigenvalue weighted by molar-refractivity contribution is 5.77. The minimum atomic E-state index is 0.0708. The molecule has 0 aromatic carbocycles. The second kappa shape index (κ2) is 7.74. The Morgan fingerprint density at radius 3 is 2.84 bits per heavy atom. The normalized spacial score (nSPS) is 22.2. The van der Waals surface area contributed by atoms with Crippen LogP contribution in [0.4, 0.5) is 0 Å². The monoisotopic (exact) mass is 342 g/mol. The van der Waals surface area contributed by atoms with Gasteiger partial charge in [0, 0.05) is 63.0 Å². The van der Waals surface area contributed by atoms with E-state index < -0.39 is 0 Å². The van der Waals surface area contributed by atoms with Gasteiger partial charge < -0.3 is 10.2 Å². The molecule has 0 radical (unpaired) electrons. The zero-order chi connectivity index (χ0) is 17.8. The van der Waals surface area contributed by atoms with Gasteiger partial charge in [-0.25, -0.2) is 0 Å². The number of piperidine rings is 1. The van der Waals surface area contributed by atoms with E-state index in [0.717, 1.165) is 24.2 Å². The van der Waals surface area contributed by atoms with Crippen molar-refractivity contribution in [1.29, 1.82) is 0 Å². The molecular formula is C18H26N6O. The highest BCUT2D eigenvalue weighted by atomic mass is 16.2. The van der Waals surface area contributed by atoms with Gasteiger partial charge in [-0.05, 0) is 26.2 Å². The lowest BCUT2D eigenvalue weighted by Gasteiger charge is -2.41. The number of rotatable bonds is 6. The number of aryl methyl sites for hydroxylation is 1. The molecule has 1 N–H and O–H groups in total. The number of hydrogen-bond donors (Lipinski definition) is 1. The highest BCUT2D eigenvalue weighted by Gasteiger charge is 2.36. The molecule has 3 atom stereocenters. The molecule has 25 heavy (non-hydrogen) atoms. The second-order valence-electron chi connectivity index (χ2n) is 6.63. The average molecular weight is 342 g/mol. The van der Waals surface area contributed by atoms with Crippen LogP contribution in [0.2, 0.25) is 0 Å². The van der Waals surface area contributed by atoms with Crippen molar-refractivity contribution in [2.75, 3.05) is 13.1 Å². The first kappa shape index (κ1) is 17.5. The summed E-state index contributed by atoms with van der Waals surface area (Å²) < 4.78 is 1.80. The predicted molar refractivity (Wildman–Crippen MR) is 94.5 cm³/mol. The summed E-state index contributed by atoms with van der Waals surface area (Å²) in [5, 5.41) is 7.87. The Morgan fingerprint density at radius 2 is 2.20 bits per heavy atom. The summed E-state index contributed by atoms with van der Waals surface area (Å²) in [4.78, 5) is 22.9. The Labute approximate surface area is 148 Å². The number of hydrogen-bond acceptors (Lipinski definition) is 5. The van der Waals surface area contributed by atoms with Crippen molar-refractivity contribution in [2.45, 2.75) is 38.8 Å². The molecule has 2 aromatic rings. The van der Waals surface area contributed by atoms with Crippen LogP contribution in [0.1, 0.15) is 50.0 Å².